The van der Waals surface area contributed by atoms with Crippen molar-refractivity contribution in [2.24, 2.45) is 0 Å². The van der Waals surface area contributed by atoms with Gasteiger partial charge in [-0.15, -0.1) is 0 Å². The summed E-state index contributed by atoms with van der Waals surface area (Å²) in [6.07, 6.45) is 1.73. The van der Waals surface area contributed by atoms with E-state index in [4.69, 9.17) is 5.26 Å². The molecule has 96 valence electrons. The van der Waals surface area contributed by atoms with E-state index in [-0.39, 0.29) is 5.91 Å². The molecule has 0 aromatic heterocycles. The average molecular weight is 244 g/mol. The van der Waals surface area contributed by atoms with Crippen LogP contribution in [0.3, 0.4) is 0 Å². The number of amides is 1. The molecule has 1 unspecified atom stereocenters. The van der Waals surface area contributed by atoms with E-state index in [9.17, 15) is 4.79 Å². The molecule has 1 N–H and O–H groups in total. The molecule has 0 aliphatic heterocycles. The highest BCUT2D eigenvalue weighted by Crippen LogP contribution is 2.09. The van der Waals surface area contributed by atoms with Crippen LogP contribution in [0.2, 0.25) is 0 Å². The van der Waals surface area contributed by atoms with Crippen LogP contribution in [0.1, 0.15) is 37.8 Å². The maximum atomic E-state index is 11.8. The van der Waals surface area contributed by atoms with Crippen LogP contribution in [0.5, 0.6) is 0 Å². The highest BCUT2D eigenvalue weighted by Gasteiger charge is 2.22. The lowest BCUT2D eigenvalue weighted by Crippen LogP contribution is -2.44. The summed E-state index contributed by atoms with van der Waals surface area (Å²) < 4.78 is 0. The fraction of sp³-hybridized carbons (Fsp3) is 0.467. The molecule has 0 aliphatic carbocycles. The molecule has 18 heavy (non-hydrogen) atoms. The monoisotopic (exact) mass is 244 g/mol. The Balaban J connectivity index is 2.47. The minimum absolute atomic E-state index is 0.0681. The van der Waals surface area contributed by atoms with Gasteiger partial charge in [0.15, 0.2) is 0 Å². The first kappa shape index (κ1) is 14.2. The van der Waals surface area contributed by atoms with Crippen LogP contribution >= 0.6 is 0 Å². The fourth-order valence-corrected chi connectivity index (χ4v) is 1.58. The number of hydrogen-bond donors (Lipinski definition) is 1. The lowest BCUT2D eigenvalue weighted by atomic mass is 10.0. The minimum Gasteiger partial charge on any atom is -0.338 e. The van der Waals surface area contributed by atoms with Crippen molar-refractivity contribution in [1.82, 2.24) is 5.32 Å². The third-order valence-corrected chi connectivity index (χ3v) is 3.13. The molecule has 0 heterocycles. The number of nitrogens with one attached hydrogen (secondary N) is 1. The molecule has 1 aromatic rings. The number of hydrogen-bond acceptors (Lipinski definition) is 2. The van der Waals surface area contributed by atoms with Crippen molar-refractivity contribution in [1.29, 1.82) is 5.26 Å². The van der Waals surface area contributed by atoms with Crippen LogP contribution in [-0.2, 0) is 11.2 Å². The van der Waals surface area contributed by atoms with Crippen molar-refractivity contribution in [2.45, 2.75) is 45.6 Å². The molecule has 1 atom stereocenters. The van der Waals surface area contributed by atoms with Gasteiger partial charge in [-0.25, -0.2) is 0 Å². The Hall–Kier alpha value is -1.82. The summed E-state index contributed by atoms with van der Waals surface area (Å²) in [7, 11) is 0. The van der Waals surface area contributed by atoms with Gasteiger partial charge in [0.1, 0.15) is 5.54 Å². The molecule has 0 fully saturated rings. The van der Waals surface area contributed by atoms with Gasteiger partial charge in [-0.05, 0) is 32.3 Å². The van der Waals surface area contributed by atoms with Crippen molar-refractivity contribution >= 4 is 5.91 Å². The first-order valence-electron chi connectivity index (χ1n) is 6.27. The van der Waals surface area contributed by atoms with Gasteiger partial charge >= 0.3 is 0 Å². The van der Waals surface area contributed by atoms with Crippen molar-refractivity contribution in [3.05, 3.63) is 35.4 Å². The molecule has 0 radical (unpaired) electrons. The fourth-order valence-electron chi connectivity index (χ4n) is 1.58. The van der Waals surface area contributed by atoms with Crippen molar-refractivity contribution < 1.29 is 4.79 Å². The van der Waals surface area contributed by atoms with E-state index < -0.39 is 5.54 Å². The first-order chi connectivity index (χ1) is 8.49. The summed E-state index contributed by atoms with van der Waals surface area (Å²) in [5, 5.41) is 11.8. The van der Waals surface area contributed by atoms with E-state index in [1.807, 2.05) is 38.1 Å². The Kier molecular flexibility index (Phi) is 4.91. The molecule has 0 bridgehead atoms. The van der Waals surface area contributed by atoms with Gasteiger partial charge in [0, 0.05) is 6.42 Å². The van der Waals surface area contributed by atoms with Crippen LogP contribution < -0.4 is 5.32 Å². The number of carbonyl (C=O) groups excluding carboxylic acids is 1. The number of aryl methyl sites for hydroxylation is 2. The molecule has 1 amide bonds. The number of rotatable bonds is 5. The van der Waals surface area contributed by atoms with Gasteiger partial charge < -0.3 is 5.32 Å². The van der Waals surface area contributed by atoms with Crippen molar-refractivity contribution in [3.8, 4) is 6.07 Å². The zero-order chi connectivity index (χ0) is 13.6. The molecule has 0 saturated heterocycles. The number of carbonyl (C=O) groups is 1. The van der Waals surface area contributed by atoms with E-state index in [1.165, 1.54) is 5.56 Å². The number of benzene rings is 1. The van der Waals surface area contributed by atoms with E-state index >= 15 is 0 Å². The maximum Gasteiger partial charge on any atom is 0.221 e. The molecular weight excluding hydrogens is 224 g/mol. The zero-order valence-corrected chi connectivity index (χ0v) is 11.3. The molecule has 0 aliphatic rings. The Morgan fingerprint density at radius 1 is 1.39 bits per heavy atom. The van der Waals surface area contributed by atoms with Crippen molar-refractivity contribution in [2.75, 3.05) is 0 Å². The normalized spacial score (nSPS) is 13.4. The summed E-state index contributed by atoms with van der Waals surface area (Å²) in [6, 6.07) is 10.3. The maximum absolute atomic E-state index is 11.8. The van der Waals surface area contributed by atoms with Gasteiger partial charge in [-0.2, -0.15) is 5.26 Å². The van der Waals surface area contributed by atoms with Gasteiger partial charge in [-0.1, -0.05) is 36.8 Å². The molecule has 1 aromatic carbocycles. The number of nitrogens with zero attached hydrogens (tertiary/aromatic N) is 1. The summed E-state index contributed by atoms with van der Waals surface area (Å²) in [5.74, 6) is -0.0681. The lowest BCUT2D eigenvalue weighted by molar-refractivity contribution is -0.122. The van der Waals surface area contributed by atoms with Crippen LogP contribution in [0, 0.1) is 18.3 Å². The number of nitriles is 1. The van der Waals surface area contributed by atoms with Crippen LogP contribution in [0.15, 0.2) is 24.3 Å². The van der Waals surface area contributed by atoms with Crippen molar-refractivity contribution in [3.63, 3.8) is 0 Å². The largest absolute Gasteiger partial charge is 0.338 e. The second kappa shape index (κ2) is 6.20. The lowest BCUT2D eigenvalue weighted by Gasteiger charge is -2.21. The van der Waals surface area contributed by atoms with Gasteiger partial charge in [0.25, 0.3) is 0 Å². The summed E-state index contributed by atoms with van der Waals surface area (Å²) in [4.78, 5) is 11.8. The van der Waals surface area contributed by atoms with Gasteiger partial charge in [0.05, 0.1) is 6.07 Å². The van der Waals surface area contributed by atoms with E-state index in [0.29, 0.717) is 19.3 Å². The van der Waals surface area contributed by atoms with E-state index in [0.717, 1.165) is 5.56 Å². The minimum atomic E-state index is -0.746. The second-order valence-electron chi connectivity index (χ2n) is 4.83. The summed E-state index contributed by atoms with van der Waals surface area (Å²) >= 11 is 0. The second-order valence-corrected chi connectivity index (χ2v) is 4.83. The average Bonchev–Trinajstić information content (AvgIpc) is 2.38. The third kappa shape index (κ3) is 4.21. The molecule has 0 saturated carbocycles. The van der Waals surface area contributed by atoms with E-state index in [2.05, 4.69) is 11.4 Å². The van der Waals surface area contributed by atoms with Gasteiger partial charge in [-0.3, -0.25) is 4.79 Å². The SMILES string of the molecule is CCC(C)(C#N)NC(=O)CCc1ccc(C)cc1. The highest BCUT2D eigenvalue weighted by atomic mass is 16.1. The molecule has 3 heteroatoms. The zero-order valence-electron chi connectivity index (χ0n) is 11.3. The third-order valence-electron chi connectivity index (χ3n) is 3.13. The molecule has 1 rings (SSSR count). The topological polar surface area (TPSA) is 52.9 Å². The Bertz CT molecular complexity index is 445. The first-order valence-corrected chi connectivity index (χ1v) is 6.27. The predicted molar refractivity (Wildman–Crippen MR) is 72.0 cm³/mol. The van der Waals surface area contributed by atoms with Gasteiger partial charge in [0.2, 0.25) is 5.91 Å². The quantitative estimate of drug-likeness (QED) is 0.865. The van der Waals surface area contributed by atoms with Crippen LogP contribution in [-0.4, -0.2) is 11.4 Å². The standard InChI is InChI=1S/C15H20N2O/c1-4-15(3,11-16)17-14(18)10-9-13-7-5-12(2)6-8-13/h5-8H,4,9-10H2,1-3H3,(H,17,18). The summed E-state index contributed by atoms with van der Waals surface area (Å²) in [5.41, 5.74) is 1.61. The van der Waals surface area contributed by atoms with Crippen LogP contribution in [0.25, 0.3) is 0 Å². The Labute approximate surface area is 109 Å². The summed E-state index contributed by atoms with van der Waals surface area (Å²) in [6.45, 7) is 5.68. The van der Waals surface area contributed by atoms with Crippen LogP contribution in [0.4, 0.5) is 0 Å². The molecule has 3 nitrogen and oxygen atoms in total. The Morgan fingerprint density at radius 2 is 2.00 bits per heavy atom. The Morgan fingerprint density at radius 3 is 2.50 bits per heavy atom. The highest BCUT2D eigenvalue weighted by molar-refractivity contribution is 5.77. The smallest absolute Gasteiger partial charge is 0.221 e. The van der Waals surface area contributed by atoms with E-state index in [1.54, 1.807) is 6.92 Å². The predicted octanol–water partition coefficient (Wildman–Crippen LogP) is 2.74. The molecular formula is C15H20N2O. The molecule has 0 spiro atoms.